The Balaban J connectivity index is 3.22. The molecule has 12 nitrogen and oxygen atoms in total. The third-order valence-corrected chi connectivity index (χ3v) is 8.92. The molecule has 12 heteroatoms. The van der Waals surface area contributed by atoms with Crippen LogP contribution in [-0.2, 0) is 49.5 Å². The quantitative estimate of drug-likeness (QED) is 0.0516. The minimum atomic E-state index is -1.40. The topological polar surface area (TPSA) is 176 Å². The Hall–Kier alpha value is -3.41. The molecule has 286 valence electrons. The first-order valence-corrected chi connectivity index (χ1v) is 18.2. The number of ether oxygens (including phenoxy) is 4. The highest BCUT2D eigenvalue weighted by Crippen LogP contribution is 2.42. The smallest absolute Gasteiger partial charge is 0.311 e. The summed E-state index contributed by atoms with van der Waals surface area (Å²) in [6.07, 6.45) is 10.3. The standard InChI is InChI=1S/C38H62O12/c1-7-9-10-11-12-13-14-16-28(3)25-49-36(45)38(6,27-37(4,5)35(44)50-26-31-17-15-20-46-31)24-30(34(43)48-22-19-39)23-29(8-2)33(42)47-21-18-32(40)41/h15,17,20,28-30,39H,7-14,16,18-19,21-27H2,1-6H3,(H,40,41). The van der Waals surface area contributed by atoms with Gasteiger partial charge in [0.25, 0.3) is 0 Å². The third-order valence-electron chi connectivity index (χ3n) is 8.92. The minimum absolute atomic E-state index is 0.0500. The molecule has 0 spiro atoms. The summed E-state index contributed by atoms with van der Waals surface area (Å²) in [5, 5.41) is 18.3. The fraction of sp³-hybridized carbons (Fsp3) is 0.763. The van der Waals surface area contributed by atoms with Crippen LogP contribution >= 0.6 is 0 Å². The minimum Gasteiger partial charge on any atom is -0.481 e. The van der Waals surface area contributed by atoms with Gasteiger partial charge in [-0.2, -0.15) is 0 Å². The highest BCUT2D eigenvalue weighted by Gasteiger charge is 2.47. The maximum atomic E-state index is 14.0. The number of rotatable bonds is 28. The summed E-state index contributed by atoms with van der Waals surface area (Å²) in [6, 6.07) is 3.35. The van der Waals surface area contributed by atoms with Gasteiger partial charge in [0.15, 0.2) is 0 Å². The number of esters is 4. The second kappa shape index (κ2) is 23.9. The lowest BCUT2D eigenvalue weighted by atomic mass is 9.68. The second-order valence-corrected chi connectivity index (χ2v) is 14.3. The van der Waals surface area contributed by atoms with E-state index >= 15 is 0 Å². The fourth-order valence-electron chi connectivity index (χ4n) is 6.13. The van der Waals surface area contributed by atoms with Crippen molar-refractivity contribution in [2.24, 2.45) is 28.6 Å². The molecule has 0 aromatic carbocycles. The number of carboxylic acids is 1. The number of aliphatic hydroxyl groups is 1. The van der Waals surface area contributed by atoms with E-state index in [0.29, 0.717) is 5.76 Å². The number of unbranched alkanes of at least 4 members (excludes halogenated alkanes) is 6. The van der Waals surface area contributed by atoms with Crippen molar-refractivity contribution in [1.29, 1.82) is 0 Å². The van der Waals surface area contributed by atoms with E-state index in [1.165, 1.54) is 38.4 Å². The molecule has 0 aliphatic rings. The Morgan fingerprint density at radius 1 is 0.840 bits per heavy atom. The van der Waals surface area contributed by atoms with Crippen LogP contribution in [0.15, 0.2) is 22.8 Å². The van der Waals surface area contributed by atoms with Gasteiger partial charge in [-0.1, -0.05) is 65.7 Å². The van der Waals surface area contributed by atoms with Crippen molar-refractivity contribution in [1.82, 2.24) is 0 Å². The number of furan rings is 1. The molecule has 50 heavy (non-hydrogen) atoms. The second-order valence-electron chi connectivity index (χ2n) is 14.3. The van der Waals surface area contributed by atoms with E-state index < -0.39 is 59.1 Å². The number of hydrogen-bond donors (Lipinski definition) is 2. The zero-order valence-corrected chi connectivity index (χ0v) is 31.2. The fourth-order valence-corrected chi connectivity index (χ4v) is 6.13. The zero-order valence-electron chi connectivity index (χ0n) is 31.2. The van der Waals surface area contributed by atoms with Gasteiger partial charge in [0, 0.05) is 0 Å². The zero-order chi connectivity index (χ0) is 37.6. The number of aliphatic carboxylic acids is 1. The number of carboxylic acid groups (broad SMARTS) is 1. The average molecular weight is 711 g/mol. The van der Waals surface area contributed by atoms with E-state index in [0.717, 1.165) is 19.3 Å². The van der Waals surface area contributed by atoms with Gasteiger partial charge in [-0.15, -0.1) is 0 Å². The molecule has 0 bridgehead atoms. The predicted octanol–water partition coefficient (Wildman–Crippen LogP) is 7.04. The Morgan fingerprint density at radius 2 is 1.48 bits per heavy atom. The van der Waals surface area contributed by atoms with E-state index in [-0.39, 0.29) is 64.4 Å². The molecule has 1 rings (SSSR count). The van der Waals surface area contributed by atoms with Crippen molar-refractivity contribution >= 4 is 29.8 Å². The molecule has 0 fully saturated rings. The third kappa shape index (κ3) is 17.5. The number of carbonyl (C=O) groups excluding carboxylic acids is 4. The lowest BCUT2D eigenvalue weighted by Crippen LogP contribution is -2.42. The van der Waals surface area contributed by atoms with Crippen molar-refractivity contribution in [3.05, 3.63) is 24.2 Å². The molecule has 1 aromatic heterocycles. The average Bonchev–Trinajstić information content (AvgIpc) is 3.59. The molecular weight excluding hydrogens is 648 g/mol. The van der Waals surface area contributed by atoms with Crippen molar-refractivity contribution < 1.29 is 57.6 Å². The Bertz CT molecular complexity index is 1140. The molecule has 2 N–H and O–H groups in total. The van der Waals surface area contributed by atoms with Crippen molar-refractivity contribution in [2.75, 3.05) is 26.4 Å². The predicted molar refractivity (Wildman–Crippen MR) is 186 cm³/mol. The van der Waals surface area contributed by atoms with Gasteiger partial charge < -0.3 is 33.6 Å². The first kappa shape index (κ1) is 44.6. The summed E-state index contributed by atoms with van der Waals surface area (Å²) in [4.78, 5) is 64.6. The molecule has 0 aliphatic carbocycles. The first-order chi connectivity index (χ1) is 23.7. The van der Waals surface area contributed by atoms with Gasteiger partial charge in [0.1, 0.15) is 25.6 Å². The molecule has 1 aromatic rings. The number of hydrogen-bond acceptors (Lipinski definition) is 11. The largest absolute Gasteiger partial charge is 0.481 e. The van der Waals surface area contributed by atoms with Crippen LogP contribution in [0.5, 0.6) is 0 Å². The normalized spacial score (nSPS) is 14.5. The number of aliphatic hydroxyl groups excluding tert-OH is 1. The van der Waals surface area contributed by atoms with Crippen molar-refractivity contribution in [3.63, 3.8) is 0 Å². The molecule has 0 saturated heterocycles. The van der Waals surface area contributed by atoms with Crippen molar-refractivity contribution in [3.8, 4) is 0 Å². The maximum Gasteiger partial charge on any atom is 0.311 e. The monoisotopic (exact) mass is 710 g/mol. The van der Waals surface area contributed by atoms with Crippen LogP contribution in [-0.4, -0.2) is 66.5 Å². The van der Waals surface area contributed by atoms with Gasteiger partial charge in [-0.3, -0.25) is 24.0 Å². The van der Waals surface area contributed by atoms with E-state index in [1.54, 1.807) is 39.8 Å². The lowest BCUT2D eigenvalue weighted by molar-refractivity contribution is -0.167. The van der Waals surface area contributed by atoms with Crippen LogP contribution in [0.1, 0.15) is 131 Å². The SMILES string of the molecule is CCCCCCCCCC(C)COC(=O)C(C)(CC(CC(CC)C(=O)OCCC(=O)O)C(=O)OCCO)CC(C)(C)C(=O)OCc1ccco1. The van der Waals surface area contributed by atoms with E-state index in [2.05, 4.69) is 6.92 Å². The number of carbonyl (C=O) groups is 5. The summed E-state index contributed by atoms with van der Waals surface area (Å²) < 4.78 is 27.2. The molecular formula is C38H62O12. The summed E-state index contributed by atoms with van der Waals surface area (Å²) in [6.45, 7) is 9.94. The van der Waals surface area contributed by atoms with E-state index in [1.807, 2.05) is 6.92 Å². The van der Waals surface area contributed by atoms with Crippen LogP contribution in [0.4, 0.5) is 0 Å². The summed E-state index contributed by atoms with van der Waals surface area (Å²) >= 11 is 0. The van der Waals surface area contributed by atoms with Gasteiger partial charge in [-0.05, 0) is 70.9 Å². The van der Waals surface area contributed by atoms with E-state index in [9.17, 15) is 29.1 Å². The summed E-state index contributed by atoms with van der Waals surface area (Å²) in [5.41, 5.74) is -2.61. The highest BCUT2D eigenvalue weighted by atomic mass is 16.6. The molecule has 0 saturated carbocycles. The molecule has 4 unspecified atom stereocenters. The molecule has 4 atom stereocenters. The van der Waals surface area contributed by atoms with Crippen LogP contribution in [0.3, 0.4) is 0 Å². The molecule has 0 radical (unpaired) electrons. The Kier molecular flexibility index (Phi) is 21.3. The molecule has 0 aliphatic heterocycles. The highest BCUT2D eigenvalue weighted by molar-refractivity contribution is 5.82. The Labute approximate surface area is 297 Å². The van der Waals surface area contributed by atoms with Crippen molar-refractivity contribution in [2.45, 2.75) is 132 Å². The maximum absolute atomic E-state index is 14.0. The van der Waals surface area contributed by atoms with E-state index in [4.69, 9.17) is 28.5 Å². The van der Waals surface area contributed by atoms with Crippen LogP contribution in [0.2, 0.25) is 0 Å². The summed E-state index contributed by atoms with van der Waals surface area (Å²) in [5.74, 6) is -4.94. The van der Waals surface area contributed by atoms with Crippen LogP contribution in [0, 0.1) is 28.6 Å². The van der Waals surface area contributed by atoms with Crippen LogP contribution < -0.4 is 0 Å². The lowest BCUT2D eigenvalue weighted by Gasteiger charge is -2.37. The van der Waals surface area contributed by atoms with Gasteiger partial charge in [-0.25, -0.2) is 0 Å². The molecule has 0 amide bonds. The summed E-state index contributed by atoms with van der Waals surface area (Å²) in [7, 11) is 0. The molecule has 1 heterocycles. The van der Waals surface area contributed by atoms with Gasteiger partial charge in [0.05, 0.1) is 48.6 Å². The first-order valence-electron chi connectivity index (χ1n) is 18.2. The van der Waals surface area contributed by atoms with Gasteiger partial charge in [0.2, 0.25) is 0 Å². The van der Waals surface area contributed by atoms with Gasteiger partial charge >= 0.3 is 29.8 Å². The van der Waals surface area contributed by atoms with Crippen LogP contribution in [0.25, 0.3) is 0 Å². The Morgan fingerprint density at radius 3 is 2.08 bits per heavy atom.